The maximum absolute atomic E-state index is 10.0. The topological polar surface area (TPSA) is 143 Å². The average molecular weight is 530 g/mol. The quantitative estimate of drug-likeness (QED) is 0.408. The van der Waals surface area contributed by atoms with E-state index in [-0.39, 0.29) is 25.3 Å². The molecule has 4 aromatic rings. The van der Waals surface area contributed by atoms with Crippen molar-refractivity contribution >= 4 is 23.1 Å². The van der Waals surface area contributed by atoms with E-state index in [1.165, 1.54) is 0 Å². The number of nitrogens with zero attached hydrogens (tertiary/aromatic N) is 8. The molecule has 6 heterocycles. The van der Waals surface area contributed by atoms with Crippen molar-refractivity contribution in [2.24, 2.45) is 7.05 Å². The highest BCUT2D eigenvalue weighted by atomic mass is 16.5. The molecule has 0 spiro atoms. The third-order valence-electron chi connectivity index (χ3n) is 7.55. The van der Waals surface area contributed by atoms with Gasteiger partial charge in [-0.15, -0.1) is 5.10 Å². The number of H-pyrrole nitrogens is 1. The Hall–Kier alpha value is -4.21. The Morgan fingerprint density at radius 2 is 2.21 bits per heavy atom. The SMILES string of the molecule is Cc1nn(C)c2c1-c1cc3c(n[nH]c3cn1)/C=C/c1c(OCC#N)nn(C(C)CO)c1CN1CCCC1CO2. The molecule has 12 heteroatoms. The van der Waals surface area contributed by atoms with Crippen molar-refractivity contribution in [2.45, 2.75) is 45.3 Å². The first-order valence-corrected chi connectivity index (χ1v) is 13.1. The number of aliphatic hydroxyl groups is 1. The first-order valence-electron chi connectivity index (χ1n) is 13.1. The standard InChI is InChI=1S/C27H31N9O3/c1-16(14-37)36-24-13-35-9-4-5-18(35)15-39-27-25(17(2)32-34(27)3)22-11-20-21(30-31-23(20)12-29-22)7-6-19(24)26(33-36)38-10-8-28/h6-7,11-12,16,18,37H,4-5,9-10,13-15H2,1-3H3,(H,30,31)/b7-6+. The third-order valence-corrected chi connectivity index (χ3v) is 7.55. The Morgan fingerprint density at radius 1 is 1.33 bits per heavy atom. The number of hydrogen-bond donors (Lipinski definition) is 2. The molecule has 1 fully saturated rings. The van der Waals surface area contributed by atoms with Crippen molar-refractivity contribution in [1.82, 2.24) is 39.6 Å². The Labute approximate surface area is 225 Å². The molecular weight excluding hydrogens is 498 g/mol. The van der Waals surface area contributed by atoms with Crippen molar-refractivity contribution < 1.29 is 14.6 Å². The van der Waals surface area contributed by atoms with Crippen LogP contribution in [0.5, 0.6) is 11.8 Å². The van der Waals surface area contributed by atoms with Crippen molar-refractivity contribution in [1.29, 1.82) is 5.26 Å². The molecule has 2 aliphatic rings. The molecule has 2 aliphatic heterocycles. The number of nitriles is 1. The fraction of sp³-hybridized carbons (Fsp3) is 0.444. The van der Waals surface area contributed by atoms with Crippen molar-refractivity contribution in [3.8, 4) is 29.1 Å². The number of pyridine rings is 1. The van der Waals surface area contributed by atoms with Crippen LogP contribution in [-0.4, -0.2) is 77.2 Å². The second kappa shape index (κ2) is 10.2. The number of nitrogens with one attached hydrogen (secondary N) is 1. The van der Waals surface area contributed by atoms with Gasteiger partial charge in [0.15, 0.2) is 6.61 Å². The number of aliphatic hydroxyl groups excluding tert-OH is 1. The van der Waals surface area contributed by atoms with Crippen LogP contribution in [-0.2, 0) is 13.6 Å². The molecule has 2 unspecified atom stereocenters. The average Bonchev–Trinajstić information content (AvgIpc) is 3.69. The highest BCUT2D eigenvalue weighted by Crippen LogP contribution is 2.36. The number of fused-ring (bicyclic) bond motifs is 5. The van der Waals surface area contributed by atoms with Gasteiger partial charge in [0.2, 0.25) is 11.8 Å². The van der Waals surface area contributed by atoms with Crippen LogP contribution in [0.1, 0.15) is 48.5 Å². The number of aromatic nitrogens is 7. The summed E-state index contributed by atoms with van der Waals surface area (Å²) in [6, 6.07) is 3.94. The molecule has 0 amide bonds. The highest BCUT2D eigenvalue weighted by Gasteiger charge is 2.31. The van der Waals surface area contributed by atoms with Gasteiger partial charge in [0, 0.05) is 25.0 Å². The number of ether oxygens (including phenoxy) is 2. The molecule has 2 N–H and O–H groups in total. The van der Waals surface area contributed by atoms with Crippen LogP contribution in [0.15, 0.2) is 12.3 Å². The number of aromatic amines is 1. The molecule has 2 atom stereocenters. The van der Waals surface area contributed by atoms with Gasteiger partial charge in [0.25, 0.3) is 0 Å². The fourth-order valence-electron chi connectivity index (χ4n) is 5.55. The van der Waals surface area contributed by atoms with Crippen LogP contribution in [0.3, 0.4) is 0 Å². The maximum Gasteiger partial charge on any atom is 0.241 e. The van der Waals surface area contributed by atoms with Crippen LogP contribution in [0.2, 0.25) is 0 Å². The minimum atomic E-state index is -0.272. The first kappa shape index (κ1) is 25.1. The number of aryl methyl sites for hydroxylation is 2. The van der Waals surface area contributed by atoms with Crippen molar-refractivity contribution in [3.05, 3.63) is 34.9 Å². The summed E-state index contributed by atoms with van der Waals surface area (Å²) in [4.78, 5) is 7.09. The molecular formula is C27H31N9O3. The van der Waals surface area contributed by atoms with E-state index < -0.39 is 0 Å². The van der Waals surface area contributed by atoms with Gasteiger partial charge in [-0.3, -0.25) is 19.7 Å². The van der Waals surface area contributed by atoms with Gasteiger partial charge in [0.05, 0.1) is 58.3 Å². The van der Waals surface area contributed by atoms with Crippen LogP contribution < -0.4 is 9.47 Å². The smallest absolute Gasteiger partial charge is 0.241 e. The van der Waals surface area contributed by atoms with E-state index in [1.54, 1.807) is 10.9 Å². The highest BCUT2D eigenvalue weighted by molar-refractivity contribution is 5.92. The van der Waals surface area contributed by atoms with Gasteiger partial charge >= 0.3 is 0 Å². The largest absolute Gasteiger partial charge is 0.476 e. The minimum absolute atomic E-state index is 0.0789. The van der Waals surface area contributed by atoms with Crippen molar-refractivity contribution in [2.75, 3.05) is 26.4 Å². The first-order chi connectivity index (χ1) is 19.0. The van der Waals surface area contributed by atoms with E-state index in [0.717, 1.165) is 64.2 Å². The summed E-state index contributed by atoms with van der Waals surface area (Å²) in [5.74, 6) is 1.05. The molecule has 1 saturated heterocycles. The summed E-state index contributed by atoms with van der Waals surface area (Å²) in [7, 11) is 1.89. The van der Waals surface area contributed by atoms with E-state index in [9.17, 15) is 10.4 Å². The van der Waals surface area contributed by atoms with E-state index in [4.69, 9.17) is 14.5 Å². The van der Waals surface area contributed by atoms with E-state index in [2.05, 4.69) is 25.3 Å². The van der Waals surface area contributed by atoms with Gasteiger partial charge in [-0.1, -0.05) is 0 Å². The predicted octanol–water partition coefficient (Wildman–Crippen LogP) is 2.85. The van der Waals surface area contributed by atoms with Crippen LogP contribution in [0.25, 0.3) is 34.3 Å². The summed E-state index contributed by atoms with van der Waals surface area (Å²) in [5, 5.41) is 37.0. The molecule has 6 rings (SSSR count). The Morgan fingerprint density at radius 3 is 3.03 bits per heavy atom. The third kappa shape index (κ3) is 4.43. The summed E-state index contributed by atoms with van der Waals surface area (Å²) >= 11 is 0. The van der Waals surface area contributed by atoms with Crippen molar-refractivity contribution in [3.63, 3.8) is 0 Å². The van der Waals surface area contributed by atoms with Gasteiger partial charge in [-0.05, 0) is 51.5 Å². The lowest BCUT2D eigenvalue weighted by molar-refractivity contribution is 0.154. The van der Waals surface area contributed by atoms with Gasteiger partial charge in [-0.2, -0.15) is 15.5 Å². The molecule has 39 heavy (non-hydrogen) atoms. The molecule has 12 nitrogen and oxygen atoms in total. The summed E-state index contributed by atoms with van der Waals surface area (Å²) < 4.78 is 15.8. The molecule has 0 saturated carbocycles. The van der Waals surface area contributed by atoms with E-state index in [1.807, 2.05) is 49.9 Å². The van der Waals surface area contributed by atoms with Crippen LogP contribution in [0.4, 0.5) is 0 Å². The number of hydrogen-bond acceptors (Lipinski definition) is 9. The Kier molecular flexibility index (Phi) is 6.54. The minimum Gasteiger partial charge on any atom is -0.476 e. The van der Waals surface area contributed by atoms with Crippen LogP contribution >= 0.6 is 0 Å². The Balaban J connectivity index is 1.55. The molecule has 202 valence electrons. The van der Waals surface area contributed by atoms with Gasteiger partial charge in [-0.25, -0.2) is 4.68 Å². The zero-order valence-corrected chi connectivity index (χ0v) is 22.3. The fourth-order valence-corrected chi connectivity index (χ4v) is 5.55. The lowest BCUT2D eigenvalue weighted by Gasteiger charge is -2.26. The lowest BCUT2D eigenvalue weighted by Crippen LogP contribution is -2.35. The zero-order valence-electron chi connectivity index (χ0n) is 22.3. The Bertz CT molecular complexity index is 1590. The summed E-state index contributed by atoms with van der Waals surface area (Å²) in [6.45, 7) is 5.66. The van der Waals surface area contributed by atoms with Crippen LogP contribution in [0, 0.1) is 18.3 Å². The zero-order chi connectivity index (χ0) is 27.1. The normalized spacial score (nSPS) is 18.9. The monoisotopic (exact) mass is 529 g/mol. The second-order valence-electron chi connectivity index (χ2n) is 10.1. The number of rotatable bonds is 4. The lowest BCUT2D eigenvalue weighted by atomic mass is 10.1. The summed E-state index contributed by atoms with van der Waals surface area (Å²) in [6.07, 6.45) is 7.68. The molecule has 4 aromatic heterocycles. The molecule has 0 aliphatic carbocycles. The van der Waals surface area contributed by atoms with Gasteiger partial charge < -0.3 is 14.6 Å². The predicted molar refractivity (Wildman–Crippen MR) is 144 cm³/mol. The molecule has 0 aromatic carbocycles. The summed E-state index contributed by atoms with van der Waals surface area (Å²) in [5.41, 5.74) is 5.68. The maximum atomic E-state index is 10.0. The van der Waals surface area contributed by atoms with E-state index in [0.29, 0.717) is 24.9 Å². The van der Waals surface area contributed by atoms with E-state index >= 15 is 0 Å². The molecule has 2 bridgehead atoms. The second-order valence-corrected chi connectivity index (χ2v) is 10.1. The van der Waals surface area contributed by atoms with Gasteiger partial charge in [0.1, 0.15) is 12.7 Å². The molecule has 0 radical (unpaired) electrons.